The second-order valence-electron chi connectivity index (χ2n) is 9.08. The number of piperidine rings is 2. The molecular weight excluding hydrogens is 412 g/mol. The Morgan fingerprint density at radius 2 is 1.68 bits per heavy atom. The van der Waals surface area contributed by atoms with E-state index in [0.29, 0.717) is 38.8 Å². The number of piperazine rings is 1. The Kier molecular flexibility index (Phi) is 7.27. The predicted molar refractivity (Wildman–Crippen MR) is 121 cm³/mol. The van der Waals surface area contributed by atoms with Gasteiger partial charge < -0.3 is 14.7 Å². The average Bonchev–Trinajstić information content (AvgIpc) is 3.34. The van der Waals surface area contributed by atoms with Crippen molar-refractivity contribution < 1.29 is 14.4 Å². The van der Waals surface area contributed by atoms with E-state index in [2.05, 4.69) is 11.8 Å². The van der Waals surface area contributed by atoms with Crippen molar-refractivity contribution in [3.8, 4) is 0 Å². The maximum Gasteiger partial charge on any atom is 0.263 e. The third-order valence-corrected chi connectivity index (χ3v) is 7.89. The summed E-state index contributed by atoms with van der Waals surface area (Å²) in [4.78, 5) is 47.0. The highest BCUT2D eigenvalue weighted by molar-refractivity contribution is 7.12. The van der Waals surface area contributed by atoms with Crippen LogP contribution in [-0.4, -0.2) is 95.7 Å². The Hall–Kier alpha value is -1.93. The van der Waals surface area contributed by atoms with E-state index in [9.17, 15) is 14.4 Å². The van der Waals surface area contributed by atoms with E-state index >= 15 is 0 Å². The number of carbonyl (C=O) groups is 3. The van der Waals surface area contributed by atoms with Crippen LogP contribution in [0.15, 0.2) is 17.5 Å². The zero-order chi connectivity index (χ0) is 21.8. The van der Waals surface area contributed by atoms with Gasteiger partial charge in [0.2, 0.25) is 11.8 Å². The molecule has 1 unspecified atom stereocenters. The molecule has 8 heteroatoms. The lowest BCUT2D eigenvalue weighted by Gasteiger charge is -2.39. The summed E-state index contributed by atoms with van der Waals surface area (Å²) in [7, 11) is 0. The van der Waals surface area contributed by atoms with Crippen LogP contribution >= 0.6 is 11.3 Å². The van der Waals surface area contributed by atoms with E-state index in [1.54, 1.807) is 0 Å². The molecule has 0 aliphatic carbocycles. The minimum Gasteiger partial charge on any atom is -0.340 e. The van der Waals surface area contributed by atoms with E-state index < -0.39 is 0 Å². The quantitative estimate of drug-likeness (QED) is 0.711. The Labute approximate surface area is 189 Å². The van der Waals surface area contributed by atoms with Crippen LogP contribution in [0, 0.1) is 5.92 Å². The Bertz CT molecular complexity index is 768. The topological polar surface area (TPSA) is 64.2 Å². The molecule has 0 radical (unpaired) electrons. The van der Waals surface area contributed by atoms with Crippen LogP contribution in [0.5, 0.6) is 0 Å². The molecule has 1 aromatic heterocycles. The van der Waals surface area contributed by atoms with Gasteiger partial charge in [-0.1, -0.05) is 6.07 Å². The summed E-state index contributed by atoms with van der Waals surface area (Å²) in [5, 5.41) is 1.92. The van der Waals surface area contributed by atoms with Crippen LogP contribution in [0.3, 0.4) is 0 Å². The van der Waals surface area contributed by atoms with Gasteiger partial charge in [0.15, 0.2) is 0 Å². The number of likely N-dealkylation sites (tertiary alicyclic amines) is 2. The lowest BCUT2D eigenvalue weighted by molar-refractivity contribution is -0.140. The Morgan fingerprint density at radius 3 is 2.32 bits per heavy atom. The number of nitrogens with zero attached hydrogens (tertiary/aromatic N) is 4. The zero-order valence-electron chi connectivity index (χ0n) is 18.5. The smallest absolute Gasteiger partial charge is 0.263 e. The lowest BCUT2D eigenvalue weighted by atomic mass is 9.95. The molecule has 3 aliphatic heterocycles. The van der Waals surface area contributed by atoms with Crippen LogP contribution in [-0.2, 0) is 9.59 Å². The minimum absolute atomic E-state index is 0.00904. The number of rotatable bonds is 4. The van der Waals surface area contributed by atoms with Gasteiger partial charge >= 0.3 is 0 Å². The largest absolute Gasteiger partial charge is 0.340 e. The highest BCUT2D eigenvalue weighted by Crippen LogP contribution is 2.23. The fourth-order valence-electron chi connectivity index (χ4n) is 5.02. The monoisotopic (exact) mass is 446 g/mol. The third-order valence-electron chi connectivity index (χ3n) is 7.03. The number of hydrogen-bond donors (Lipinski definition) is 0. The van der Waals surface area contributed by atoms with Crippen LogP contribution in [0.25, 0.3) is 0 Å². The molecule has 0 saturated carbocycles. The van der Waals surface area contributed by atoms with Crippen LogP contribution in [0.4, 0.5) is 0 Å². The molecule has 0 aromatic carbocycles. The first-order chi connectivity index (χ1) is 15.0. The van der Waals surface area contributed by atoms with Crippen molar-refractivity contribution in [2.75, 3.05) is 52.4 Å². The number of hydrogen-bond acceptors (Lipinski definition) is 5. The van der Waals surface area contributed by atoms with E-state index in [0.717, 1.165) is 50.2 Å². The van der Waals surface area contributed by atoms with Crippen molar-refractivity contribution in [2.45, 2.75) is 45.1 Å². The first-order valence-corrected chi connectivity index (χ1v) is 12.5. The molecular formula is C23H34N4O3S. The van der Waals surface area contributed by atoms with E-state index in [1.807, 2.05) is 32.2 Å². The first-order valence-electron chi connectivity index (χ1n) is 11.7. The lowest BCUT2D eigenvalue weighted by Crippen LogP contribution is -2.54. The molecule has 1 aromatic rings. The molecule has 3 aliphatic rings. The van der Waals surface area contributed by atoms with E-state index in [1.165, 1.54) is 17.8 Å². The van der Waals surface area contributed by atoms with Gasteiger partial charge in [-0.05, 0) is 50.5 Å². The standard InChI is InChI=1S/C23H34N4O3S/c1-18-5-2-3-9-27(18)21(28)17-24-12-14-26(15-13-24)22(29)19-7-10-25(11-8-19)23(30)20-6-4-16-31-20/h4,6,16,18-19H,2-3,5,7-15,17H2,1H3. The third kappa shape index (κ3) is 5.29. The molecule has 170 valence electrons. The molecule has 0 spiro atoms. The van der Waals surface area contributed by atoms with Gasteiger partial charge in [0, 0.05) is 57.8 Å². The summed E-state index contributed by atoms with van der Waals surface area (Å²) in [6.07, 6.45) is 4.90. The average molecular weight is 447 g/mol. The molecule has 3 amide bonds. The molecule has 4 heterocycles. The Balaban J connectivity index is 1.20. The Morgan fingerprint density at radius 1 is 0.935 bits per heavy atom. The second-order valence-corrected chi connectivity index (χ2v) is 10.0. The first kappa shape index (κ1) is 22.3. The van der Waals surface area contributed by atoms with Crippen molar-refractivity contribution >= 4 is 29.1 Å². The second kappa shape index (κ2) is 10.1. The summed E-state index contributed by atoms with van der Waals surface area (Å²) < 4.78 is 0. The number of thiophene rings is 1. The summed E-state index contributed by atoms with van der Waals surface area (Å²) >= 11 is 1.47. The molecule has 3 saturated heterocycles. The van der Waals surface area contributed by atoms with E-state index in [4.69, 9.17) is 0 Å². The predicted octanol–water partition coefficient (Wildman–Crippen LogP) is 2.15. The van der Waals surface area contributed by atoms with Gasteiger partial charge in [-0.3, -0.25) is 19.3 Å². The molecule has 7 nitrogen and oxygen atoms in total. The maximum atomic E-state index is 13.0. The fraction of sp³-hybridized carbons (Fsp3) is 0.696. The summed E-state index contributed by atoms with van der Waals surface area (Å²) in [6.45, 7) is 7.69. The van der Waals surface area contributed by atoms with Gasteiger partial charge in [-0.15, -0.1) is 11.3 Å². The molecule has 0 bridgehead atoms. The van der Waals surface area contributed by atoms with E-state index in [-0.39, 0.29) is 23.6 Å². The molecule has 0 N–H and O–H groups in total. The highest BCUT2D eigenvalue weighted by Gasteiger charge is 2.33. The normalized spacial score (nSPS) is 23.8. The van der Waals surface area contributed by atoms with Crippen LogP contribution in [0.2, 0.25) is 0 Å². The van der Waals surface area contributed by atoms with Crippen molar-refractivity contribution in [2.24, 2.45) is 5.92 Å². The van der Waals surface area contributed by atoms with Crippen molar-refractivity contribution in [3.63, 3.8) is 0 Å². The number of carbonyl (C=O) groups excluding carboxylic acids is 3. The zero-order valence-corrected chi connectivity index (χ0v) is 19.3. The summed E-state index contributed by atoms with van der Waals surface area (Å²) in [6, 6.07) is 4.11. The number of amides is 3. The fourth-order valence-corrected chi connectivity index (χ4v) is 5.71. The SMILES string of the molecule is CC1CCCCN1C(=O)CN1CCN(C(=O)C2CCN(C(=O)c3cccs3)CC2)CC1. The van der Waals surface area contributed by atoms with Gasteiger partial charge in [0.05, 0.1) is 11.4 Å². The maximum absolute atomic E-state index is 13.0. The van der Waals surface area contributed by atoms with Gasteiger partial charge in [-0.2, -0.15) is 0 Å². The molecule has 3 fully saturated rings. The molecule has 1 atom stereocenters. The summed E-state index contributed by atoms with van der Waals surface area (Å²) in [5.41, 5.74) is 0. The van der Waals surface area contributed by atoms with Gasteiger partial charge in [0.1, 0.15) is 0 Å². The van der Waals surface area contributed by atoms with Gasteiger partial charge in [-0.25, -0.2) is 0 Å². The summed E-state index contributed by atoms with van der Waals surface area (Å²) in [5.74, 6) is 0.547. The molecule has 31 heavy (non-hydrogen) atoms. The minimum atomic E-state index is 0.00904. The molecule has 4 rings (SSSR count). The van der Waals surface area contributed by atoms with Crippen molar-refractivity contribution in [3.05, 3.63) is 22.4 Å². The van der Waals surface area contributed by atoms with Crippen molar-refractivity contribution in [1.82, 2.24) is 19.6 Å². The van der Waals surface area contributed by atoms with Crippen LogP contribution < -0.4 is 0 Å². The van der Waals surface area contributed by atoms with Crippen molar-refractivity contribution in [1.29, 1.82) is 0 Å². The van der Waals surface area contributed by atoms with Gasteiger partial charge in [0.25, 0.3) is 5.91 Å². The highest BCUT2D eigenvalue weighted by atomic mass is 32.1. The van der Waals surface area contributed by atoms with Crippen LogP contribution in [0.1, 0.15) is 48.7 Å².